The zero-order chi connectivity index (χ0) is 55.6. The highest BCUT2D eigenvalue weighted by Crippen LogP contribution is 2.70. The third kappa shape index (κ3) is 21.3. The van der Waals surface area contributed by atoms with Crippen LogP contribution in [-0.4, -0.2) is 99.7 Å². The first-order chi connectivity index (χ1) is 36.4. The molecule has 0 aromatic rings. The molecule has 2 saturated heterocycles. The number of ether oxygens (including phenoxy) is 4. The Hall–Kier alpha value is -2.30. The molecule has 0 aromatic heterocycles. The number of hydrogen-bond donors (Lipinski definition) is 5. The van der Waals surface area contributed by atoms with E-state index in [0.717, 1.165) is 82.7 Å². The summed E-state index contributed by atoms with van der Waals surface area (Å²) in [4.78, 5) is 21.2. The molecule has 2 aliphatic heterocycles. The van der Waals surface area contributed by atoms with Gasteiger partial charge in [0, 0.05) is 45.4 Å². The second-order valence-corrected chi connectivity index (χ2v) is 25.3. The lowest BCUT2D eigenvalue weighted by molar-refractivity contribution is -0.272. The number of hydrogen-bond acceptors (Lipinski definition) is 11. The van der Waals surface area contributed by atoms with Gasteiger partial charge in [-0.05, 0) is 124 Å². The van der Waals surface area contributed by atoms with Crippen molar-refractivity contribution in [1.29, 1.82) is 0 Å². The lowest BCUT2D eigenvalue weighted by Crippen LogP contribution is -2.50. The van der Waals surface area contributed by atoms with Crippen LogP contribution in [0.3, 0.4) is 0 Å². The highest BCUT2D eigenvalue weighted by Gasteiger charge is 2.68. The SMILES string of the molecule is C#CCCCCCCCCCCCC(O)CC(O)COC(C)=O.C=CCCCCCCCCCCCC(O)CC(O)COC(C)=O.CC1CCC2(OC1)OC1CC3C4CCC5CC(O)CCC5(C)C4=CCC3(C)C1C2C. The zero-order valence-electron chi connectivity index (χ0n) is 49.0. The van der Waals surface area contributed by atoms with Gasteiger partial charge in [-0.1, -0.05) is 148 Å². The Labute approximate surface area is 462 Å². The number of carbonyl (C=O) groups excluding carboxylic acids is 2. The standard InChI is InChI=1S/C27H42O3.C19H36O4.C19H34O4/c1-16-7-12-27(29-15-16)17(2)24-23(30-27)14-22-20-6-5-18-13-19(28)8-10-25(18,3)21(20)9-11-26(22,24)4;2*1-3-4-5-6-7-8-9-10-11-12-13-14-18(21)15-19(22)16-23-17(2)20/h9,16-20,22-24,28H,5-8,10-15H2,1-4H3;3,18-19,21-22H,1,4-16H2,2H3;1,18-19,21-22H,4-16H2,2H3. The maximum absolute atomic E-state index is 10.6. The summed E-state index contributed by atoms with van der Waals surface area (Å²) in [7, 11) is 0. The number of allylic oxidation sites excluding steroid dienone is 3. The van der Waals surface area contributed by atoms with Gasteiger partial charge in [-0.15, -0.1) is 18.9 Å². The Morgan fingerprint density at radius 1 is 0.737 bits per heavy atom. The minimum atomic E-state index is -0.775. The van der Waals surface area contributed by atoms with E-state index in [9.17, 15) is 35.1 Å². The lowest BCUT2D eigenvalue weighted by Gasteiger charge is -2.57. The summed E-state index contributed by atoms with van der Waals surface area (Å²) in [6.45, 7) is 17.0. The third-order valence-electron chi connectivity index (χ3n) is 19.1. The molecule has 11 heteroatoms. The number of carbonyl (C=O) groups is 2. The maximum Gasteiger partial charge on any atom is 0.302 e. The first-order valence-corrected chi connectivity index (χ1v) is 31.1. The molecule has 5 N–H and O–H groups in total. The molecule has 2 heterocycles. The Kier molecular flexibility index (Phi) is 30.3. The molecule has 1 spiro atoms. The van der Waals surface area contributed by atoms with Gasteiger partial charge in [-0.3, -0.25) is 9.59 Å². The van der Waals surface area contributed by atoms with Crippen molar-refractivity contribution in [3.63, 3.8) is 0 Å². The van der Waals surface area contributed by atoms with E-state index in [-0.39, 0.29) is 37.9 Å². The van der Waals surface area contributed by atoms with Crippen molar-refractivity contribution in [1.82, 2.24) is 0 Å². The van der Waals surface area contributed by atoms with Crippen LogP contribution >= 0.6 is 0 Å². The lowest BCUT2D eigenvalue weighted by atomic mass is 9.48. The van der Waals surface area contributed by atoms with Gasteiger partial charge in [-0.25, -0.2) is 0 Å². The Bertz CT molecular complexity index is 1720. The van der Waals surface area contributed by atoms with Crippen LogP contribution in [0.4, 0.5) is 0 Å². The van der Waals surface area contributed by atoms with Crippen LogP contribution in [-0.2, 0) is 28.5 Å². The molecule has 0 bridgehead atoms. The zero-order valence-corrected chi connectivity index (χ0v) is 49.0. The van der Waals surface area contributed by atoms with E-state index < -0.39 is 36.4 Å². The summed E-state index contributed by atoms with van der Waals surface area (Å²) in [5.74, 6) is 5.54. The molecule has 5 fully saturated rings. The van der Waals surface area contributed by atoms with Gasteiger partial charge in [0.25, 0.3) is 0 Å². The monoisotopic (exact) mass is 1070 g/mol. The van der Waals surface area contributed by atoms with E-state index in [1.54, 1.807) is 5.57 Å². The summed E-state index contributed by atoms with van der Waals surface area (Å²) in [6, 6.07) is 0. The number of fused-ring (bicyclic) bond motifs is 7. The Morgan fingerprint density at radius 2 is 1.26 bits per heavy atom. The van der Waals surface area contributed by atoms with Crippen molar-refractivity contribution >= 4 is 11.9 Å². The minimum absolute atomic E-state index is 0.0286. The summed E-state index contributed by atoms with van der Waals surface area (Å²) in [5, 5.41) is 49.1. The molecule has 3 saturated carbocycles. The molecule has 0 aromatic carbocycles. The topological polar surface area (TPSA) is 172 Å². The predicted octanol–water partition coefficient (Wildman–Crippen LogP) is 13.4. The molecule has 6 aliphatic rings. The third-order valence-corrected chi connectivity index (χ3v) is 19.1. The largest absolute Gasteiger partial charge is 0.463 e. The molecule has 4 aliphatic carbocycles. The van der Waals surface area contributed by atoms with E-state index in [1.165, 1.54) is 136 Å². The Balaban J connectivity index is 0.000000251. The highest BCUT2D eigenvalue weighted by atomic mass is 16.7. The van der Waals surface area contributed by atoms with Crippen molar-refractivity contribution in [2.45, 2.75) is 296 Å². The maximum atomic E-state index is 10.6. The van der Waals surface area contributed by atoms with Crippen LogP contribution < -0.4 is 0 Å². The van der Waals surface area contributed by atoms with Gasteiger partial charge < -0.3 is 44.5 Å². The Morgan fingerprint density at radius 3 is 1.76 bits per heavy atom. The van der Waals surface area contributed by atoms with E-state index in [2.05, 4.69) is 46.3 Å². The van der Waals surface area contributed by atoms with Crippen LogP contribution in [0.5, 0.6) is 0 Å². The molecule has 11 nitrogen and oxygen atoms in total. The van der Waals surface area contributed by atoms with E-state index in [0.29, 0.717) is 53.4 Å². The van der Waals surface area contributed by atoms with Crippen molar-refractivity contribution in [2.75, 3.05) is 19.8 Å². The molecular weight excluding hydrogens is 957 g/mol. The first kappa shape index (κ1) is 66.2. The fourth-order valence-electron chi connectivity index (χ4n) is 14.7. The number of rotatable bonds is 31. The number of esters is 2. The predicted molar refractivity (Wildman–Crippen MR) is 305 cm³/mol. The van der Waals surface area contributed by atoms with Gasteiger partial charge in [0.1, 0.15) is 13.2 Å². The molecule has 438 valence electrons. The molecule has 76 heavy (non-hydrogen) atoms. The molecule has 15 atom stereocenters. The van der Waals surface area contributed by atoms with Gasteiger partial charge in [0.15, 0.2) is 5.79 Å². The summed E-state index contributed by atoms with van der Waals surface area (Å²) in [5.41, 5.74) is 2.46. The van der Waals surface area contributed by atoms with Gasteiger partial charge >= 0.3 is 11.9 Å². The van der Waals surface area contributed by atoms with E-state index in [1.807, 2.05) is 6.08 Å². The van der Waals surface area contributed by atoms with Crippen molar-refractivity contribution in [3.8, 4) is 12.3 Å². The minimum Gasteiger partial charge on any atom is -0.463 e. The normalized spacial score (nSPS) is 31.7. The quantitative estimate of drug-likeness (QED) is 0.0194. The van der Waals surface area contributed by atoms with Crippen LogP contribution in [0, 0.1) is 58.7 Å². The first-order valence-electron chi connectivity index (χ1n) is 31.1. The number of terminal acetylenes is 1. The van der Waals surface area contributed by atoms with Crippen LogP contribution in [0.2, 0.25) is 0 Å². The fourth-order valence-corrected chi connectivity index (χ4v) is 14.7. The number of unbranched alkanes of at least 4 members (excludes halogenated alkanes) is 18. The summed E-state index contributed by atoms with van der Waals surface area (Å²) in [6.07, 6.45) is 44.1. The average molecular weight is 1070 g/mol. The smallest absolute Gasteiger partial charge is 0.302 e. The number of aliphatic hydroxyl groups excluding tert-OH is 5. The van der Waals surface area contributed by atoms with Crippen LogP contribution in [0.15, 0.2) is 24.3 Å². The molecule has 0 radical (unpaired) electrons. The van der Waals surface area contributed by atoms with Crippen molar-refractivity contribution in [3.05, 3.63) is 24.3 Å². The van der Waals surface area contributed by atoms with Gasteiger partial charge in [0.2, 0.25) is 0 Å². The molecule has 15 unspecified atom stereocenters. The fraction of sp³-hybridized carbons (Fsp3) is 0.877. The van der Waals surface area contributed by atoms with Crippen molar-refractivity contribution < 1.29 is 54.1 Å². The highest BCUT2D eigenvalue weighted by molar-refractivity contribution is 5.66. The average Bonchev–Trinajstić information content (AvgIpc) is 3.83. The van der Waals surface area contributed by atoms with Gasteiger partial charge in [-0.2, -0.15) is 0 Å². The summed E-state index contributed by atoms with van der Waals surface area (Å²) >= 11 is 0. The van der Waals surface area contributed by atoms with Gasteiger partial charge in [0.05, 0.1) is 43.2 Å². The molecular formula is C65H112O11. The summed E-state index contributed by atoms with van der Waals surface area (Å²) < 4.78 is 22.8. The molecule has 6 rings (SSSR count). The molecule has 0 amide bonds. The van der Waals surface area contributed by atoms with E-state index >= 15 is 0 Å². The van der Waals surface area contributed by atoms with Crippen LogP contribution in [0.25, 0.3) is 0 Å². The van der Waals surface area contributed by atoms with E-state index in [4.69, 9.17) is 25.4 Å². The second-order valence-electron chi connectivity index (χ2n) is 25.3. The van der Waals surface area contributed by atoms with Crippen molar-refractivity contribution in [2.24, 2.45) is 46.3 Å². The number of aliphatic hydroxyl groups is 5. The van der Waals surface area contributed by atoms with Crippen LogP contribution in [0.1, 0.15) is 253 Å². The second kappa shape index (κ2) is 34.8.